The summed E-state index contributed by atoms with van der Waals surface area (Å²) in [4.78, 5) is 0. The fraction of sp³-hybridized carbons (Fsp3) is 0.519. The molecule has 3 heteroatoms. The molecule has 0 bridgehead atoms. The Morgan fingerprint density at radius 3 is 2.21 bits per heavy atom. The van der Waals surface area contributed by atoms with Crippen molar-refractivity contribution in [3.8, 4) is 0 Å². The number of hydrogen-bond donors (Lipinski definition) is 1. The quantitative estimate of drug-likeness (QED) is 0.0806. The van der Waals surface area contributed by atoms with Crippen LogP contribution in [0.4, 0.5) is 11.4 Å². The topological polar surface area (TPSA) is 25.2 Å². The van der Waals surface area contributed by atoms with Gasteiger partial charge in [-0.3, -0.25) is 0 Å². The van der Waals surface area contributed by atoms with Crippen molar-refractivity contribution in [3.05, 3.63) is 130 Å². The van der Waals surface area contributed by atoms with Gasteiger partial charge in [0, 0.05) is 16.8 Å². The zero-order valence-corrected chi connectivity index (χ0v) is 38.2. The molecule has 1 unspecified atom stereocenters. The van der Waals surface area contributed by atoms with Crippen LogP contribution in [-0.4, -0.2) is 6.71 Å². The highest BCUT2D eigenvalue weighted by molar-refractivity contribution is 6.91. The third kappa shape index (κ3) is 10.5. The largest absolute Gasteiger partial charge is 0.474 e. The van der Waals surface area contributed by atoms with Gasteiger partial charge < -0.3 is 9.73 Å². The zero-order chi connectivity index (χ0) is 42.4. The van der Waals surface area contributed by atoms with Crippen LogP contribution in [0.2, 0.25) is 0 Å². The molecule has 4 aromatic rings. The van der Waals surface area contributed by atoms with Crippen molar-refractivity contribution in [2.24, 2.45) is 5.41 Å². The summed E-state index contributed by atoms with van der Waals surface area (Å²) >= 11 is 0. The van der Waals surface area contributed by atoms with Crippen LogP contribution in [0.25, 0.3) is 0 Å². The number of fused-ring (bicyclic) bond motifs is 1. The molecular formula is C54H76BNO. The second-order valence-corrected chi connectivity index (χ2v) is 19.8. The summed E-state index contributed by atoms with van der Waals surface area (Å²) in [6, 6.07) is 23.4. The standard InChI is InChI=1S/C54H76BNO/c1-15-19-28-52(9,10)29-20-21-39(8)55(49-36-47-51(57-49)54(13,14)31-30-53(47,11)12)50-44(32-41-22-25-42(18-4)46(33-41)38(7)16-2)34-43(37(5)6)35-48(50)56-45-26-23-40(17-3)24-27-45/h20-27,33-38,56H,8,15-19,28-32H2,1-7,9-14H3/b21-20-/i8D/b21-20-,39-8?. The van der Waals surface area contributed by atoms with Gasteiger partial charge in [-0.15, -0.1) is 6.55 Å². The van der Waals surface area contributed by atoms with Crippen molar-refractivity contribution in [3.63, 3.8) is 0 Å². The first-order valence-electron chi connectivity index (χ1n) is 23.1. The SMILES string of the molecule is [2H]C=C(/C=C\CC(C)(C)CCCC)B(c1cc2c(o1)C(C)(C)CCC2(C)C)c1c(Cc2ccc(CC)c(C(C)CC)c2)cc(C(C)C)cc1Nc1ccc(CC)cc1. The normalized spacial score (nSPS) is 16.2. The molecule has 306 valence electrons. The van der Waals surface area contributed by atoms with Crippen molar-refractivity contribution >= 4 is 29.2 Å². The van der Waals surface area contributed by atoms with Crippen LogP contribution in [0.5, 0.6) is 0 Å². The number of unbranched alkanes of at least 4 members (excludes halogenated alkanes) is 1. The molecule has 1 aromatic heterocycles. The lowest BCUT2D eigenvalue weighted by atomic mass is 9.37. The lowest BCUT2D eigenvalue weighted by Crippen LogP contribution is -2.46. The molecule has 1 N–H and O–H groups in total. The second-order valence-electron chi connectivity index (χ2n) is 19.8. The minimum Gasteiger partial charge on any atom is -0.474 e. The molecule has 0 spiro atoms. The minimum absolute atomic E-state index is 0.000958. The highest BCUT2D eigenvalue weighted by Gasteiger charge is 2.43. The molecule has 1 atom stereocenters. The van der Waals surface area contributed by atoms with Crippen LogP contribution in [0.3, 0.4) is 0 Å². The van der Waals surface area contributed by atoms with Crippen LogP contribution < -0.4 is 16.4 Å². The van der Waals surface area contributed by atoms with E-state index >= 15 is 0 Å². The molecule has 0 amide bonds. The fourth-order valence-corrected chi connectivity index (χ4v) is 8.89. The number of benzene rings is 3. The smallest absolute Gasteiger partial charge is 0.289 e. The molecule has 1 heterocycles. The lowest BCUT2D eigenvalue weighted by Gasteiger charge is -2.37. The van der Waals surface area contributed by atoms with Gasteiger partial charge in [0.15, 0.2) is 0 Å². The van der Waals surface area contributed by atoms with Crippen molar-refractivity contribution in [1.82, 2.24) is 0 Å². The van der Waals surface area contributed by atoms with E-state index in [-0.39, 0.29) is 23.0 Å². The van der Waals surface area contributed by atoms with Gasteiger partial charge in [0.1, 0.15) is 5.76 Å². The second kappa shape index (κ2) is 18.5. The highest BCUT2D eigenvalue weighted by Crippen LogP contribution is 2.46. The monoisotopic (exact) mass is 767 g/mol. The first-order valence-corrected chi connectivity index (χ1v) is 22.5. The first-order chi connectivity index (χ1) is 27.5. The van der Waals surface area contributed by atoms with Crippen LogP contribution in [0.15, 0.2) is 89.3 Å². The molecule has 2 nitrogen and oxygen atoms in total. The Bertz CT molecular complexity index is 2010. The van der Waals surface area contributed by atoms with E-state index in [1.807, 2.05) is 0 Å². The van der Waals surface area contributed by atoms with E-state index in [1.165, 1.54) is 63.7 Å². The molecule has 57 heavy (non-hydrogen) atoms. The van der Waals surface area contributed by atoms with Gasteiger partial charge in [-0.1, -0.05) is 157 Å². The van der Waals surface area contributed by atoms with E-state index in [0.717, 1.165) is 73.2 Å². The summed E-state index contributed by atoms with van der Waals surface area (Å²) < 4.78 is 16.4. The Kier molecular flexibility index (Phi) is 13.9. The average molecular weight is 767 g/mol. The Morgan fingerprint density at radius 2 is 1.60 bits per heavy atom. The number of aryl methyl sites for hydroxylation is 2. The molecule has 0 saturated carbocycles. The molecule has 1 aliphatic carbocycles. The highest BCUT2D eigenvalue weighted by atomic mass is 16.3. The summed E-state index contributed by atoms with van der Waals surface area (Å²) in [5.41, 5.74) is 14.8. The molecule has 0 saturated heterocycles. The van der Waals surface area contributed by atoms with Gasteiger partial charge in [-0.25, -0.2) is 0 Å². The number of anilines is 2. The number of furan rings is 1. The predicted molar refractivity (Wildman–Crippen MR) is 252 cm³/mol. The summed E-state index contributed by atoms with van der Waals surface area (Å²) in [7, 11) is 0. The molecule has 0 fully saturated rings. The number of hydrogen-bond acceptors (Lipinski definition) is 2. The van der Waals surface area contributed by atoms with Crippen molar-refractivity contribution in [2.75, 3.05) is 5.32 Å². The predicted octanol–water partition coefficient (Wildman–Crippen LogP) is 14.6. The lowest BCUT2D eigenvalue weighted by molar-refractivity contribution is 0.282. The summed E-state index contributed by atoms with van der Waals surface area (Å²) in [6.45, 7) is 31.5. The first kappa shape index (κ1) is 42.9. The fourth-order valence-electron chi connectivity index (χ4n) is 8.89. The minimum atomic E-state index is -0.290. The zero-order valence-electron chi connectivity index (χ0n) is 39.2. The maximum absolute atomic E-state index is 9.16. The number of nitrogens with one attached hydrogen (secondary N) is 1. The summed E-state index contributed by atoms with van der Waals surface area (Å²) in [5.74, 6) is 1.94. The molecular weight excluding hydrogens is 689 g/mol. The Balaban J connectivity index is 1.82. The van der Waals surface area contributed by atoms with Crippen LogP contribution >= 0.6 is 0 Å². The van der Waals surface area contributed by atoms with E-state index in [0.29, 0.717) is 11.8 Å². The molecule has 3 aromatic carbocycles. The third-order valence-electron chi connectivity index (χ3n) is 13.3. The van der Waals surface area contributed by atoms with Crippen LogP contribution in [-0.2, 0) is 30.1 Å². The van der Waals surface area contributed by atoms with Crippen molar-refractivity contribution < 1.29 is 5.79 Å². The van der Waals surface area contributed by atoms with E-state index in [9.17, 15) is 0 Å². The third-order valence-corrected chi connectivity index (χ3v) is 13.3. The Morgan fingerprint density at radius 1 is 0.895 bits per heavy atom. The molecule has 5 rings (SSSR count). The van der Waals surface area contributed by atoms with E-state index in [2.05, 4.69) is 168 Å². The van der Waals surface area contributed by atoms with Crippen LogP contribution in [0, 0.1) is 5.41 Å². The Hall–Kier alpha value is -3.72. The van der Waals surface area contributed by atoms with E-state index in [1.54, 1.807) is 6.55 Å². The maximum Gasteiger partial charge on any atom is 0.289 e. The molecule has 0 aliphatic heterocycles. The van der Waals surface area contributed by atoms with Crippen LogP contribution in [0.1, 0.15) is 193 Å². The van der Waals surface area contributed by atoms with Gasteiger partial charge in [-0.2, -0.15) is 0 Å². The van der Waals surface area contributed by atoms with E-state index in [4.69, 9.17) is 5.79 Å². The van der Waals surface area contributed by atoms with Gasteiger partial charge in [0.2, 0.25) is 0 Å². The molecule has 1 aliphatic rings. The average Bonchev–Trinajstić information content (AvgIpc) is 3.67. The number of rotatable bonds is 18. The summed E-state index contributed by atoms with van der Waals surface area (Å²) in [6.07, 6.45) is 15.3. The maximum atomic E-state index is 9.16. The summed E-state index contributed by atoms with van der Waals surface area (Å²) in [5, 5.41) is 3.98. The Labute approximate surface area is 350 Å². The molecule has 0 radical (unpaired) electrons. The van der Waals surface area contributed by atoms with Crippen molar-refractivity contribution in [1.29, 1.82) is 0 Å². The van der Waals surface area contributed by atoms with Gasteiger partial charge in [0.05, 0.1) is 7.03 Å². The number of allylic oxidation sites excluding steroid dienone is 3. The van der Waals surface area contributed by atoms with Gasteiger partial charge >= 0.3 is 0 Å². The van der Waals surface area contributed by atoms with E-state index < -0.39 is 0 Å². The van der Waals surface area contributed by atoms with Crippen molar-refractivity contribution in [2.45, 2.75) is 177 Å². The van der Waals surface area contributed by atoms with Gasteiger partial charge in [0.25, 0.3) is 6.71 Å². The van der Waals surface area contributed by atoms with Gasteiger partial charge in [-0.05, 0) is 143 Å².